The highest BCUT2D eigenvalue weighted by Crippen LogP contribution is 2.21. The molecule has 0 radical (unpaired) electrons. The van der Waals surface area contributed by atoms with Gasteiger partial charge < -0.3 is 4.90 Å². The molecule has 5 nitrogen and oxygen atoms in total. The van der Waals surface area contributed by atoms with Crippen LogP contribution in [0.1, 0.15) is 31.1 Å². The molecule has 0 aliphatic rings. The summed E-state index contributed by atoms with van der Waals surface area (Å²) in [7, 11) is -3.76. The van der Waals surface area contributed by atoms with E-state index in [0.717, 1.165) is 12.1 Å². The van der Waals surface area contributed by atoms with E-state index in [-0.39, 0.29) is 28.7 Å². The van der Waals surface area contributed by atoms with Gasteiger partial charge in [-0.25, -0.2) is 21.9 Å². The molecule has 1 N–H and O–H groups in total. The standard InChI is InChI=1S/C18H20F2N2O3S/c1-4-22(14-8-9-16(19)17(20)11-14)18(23)13-6-5-7-15(10-13)26(24,25)21-12(2)3/h5-12,21H,4H2,1-3H3. The highest BCUT2D eigenvalue weighted by Gasteiger charge is 2.21. The normalized spacial score (nSPS) is 11.6. The lowest BCUT2D eigenvalue weighted by atomic mass is 10.1. The van der Waals surface area contributed by atoms with Gasteiger partial charge in [0.15, 0.2) is 11.6 Å². The third kappa shape index (κ3) is 4.44. The molecule has 0 spiro atoms. The van der Waals surface area contributed by atoms with E-state index in [4.69, 9.17) is 0 Å². The van der Waals surface area contributed by atoms with Gasteiger partial charge >= 0.3 is 0 Å². The van der Waals surface area contributed by atoms with Crippen molar-refractivity contribution in [1.82, 2.24) is 4.72 Å². The molecule has 0 aliphatic carbocycles. The average Bonchev–Trinajstić information content (AvgIpc) is 2.57. The Bertz CT molecular complexity index is 914. The lowest BCUT2D eigenvalue weighted by Crippen LogP contribution is -2.32. The maximum atomic E-state index is 13.5. The molecule has 0 bridgehead atoms. The predicted molar refractivity (Wildman–Crippen MR) is 95.6 cm³/mol. The van der Waals surface area contributed by atoms with Crippen LogP contribution in [0.25, 0.3) is 0 Å². The zero-order valence-electron chi connectivity index (χ0n) is 14.7. The number of hydrogen-bond donors (Lipinski definition) is 1. The number of carbonyl (C=O) groups excluding carboxylic acids is 1. The van der Waals surface area contributed by atoms with Gasteiger partial charge in [-0.2, -0.15) is 0 Å². The van der Waals surface area contributed by atoms with Crippen LogP contribution >= 0.6 is 0 Å². The van der Waals surface area contributed by atoms with E-state index in [1.807, 2.05) is 0 Å². The number of halogens is 2. The third-order valence-corrected chi connectivity index (χ3v) is 5.21. The molecule has 26 heavy (non-hydrogen) atoms. The van der Waals surface area contributed by atoms with E-state index in [2.05, 4.69) is 4.72 Å². The Morgan fingerprint density at radius 1 is 1.12 bits per heavy atom. The number of benzene rings is 2. The first-order chi connectivity index (χ1) is 12.2. The zero-order valence-corrected chi connectivity index (χ0v) is 15.5. The number of amides is 1. The summed E-state index contributed by atoms with van der Waals surface area (Å²) in [6.45, 7) is 5.26. The minimum absolute atomic E-state index is 0.0432. The monoisotopic (exact) mass is 382 g/mol. The Morgan fingerprint density at radius 3 is 2.38 bits per heavy atom. The minimum atomic E-state index is -3.76. The molecule has 0 unspecified atom stereocenters. The van der Waals surface area contributed by atoms with Gasteiger partial charge in [0.25, 0.3) is 5.91 Å². The Morgan fingerprint density at radius 2 is 1.81 bits per heavy atom. The van der Waals surface area contributed by atoms with Gasteiger partial charge in [-0.15, -0.1) is 0 Å². The van der Waals surface area contributed by atoms with Crippen LogP contribution in [0.3, 0.4) is 0 Å². The first kappa shape index (κ1) is 20.0. The summed E-state index contributed by atoms with van der Waals surface area (Å²) in [5.41, 5.74) is 0.313. The molecule has 140 valence electrons. The summed E-state index contributed by atoms with van der Waals surface area (Å²) in [4.78, 5) is 14.0. The molecular weight excluding hydrogens is 362 g/mol. The number of rotatable bonds is 6. The van der Waals surface area contributed by atoms with Crippen molar-refractivity contribution in [3.05, 3.63) is 59.7 Å². The zero-order chi connectivity index (χ0) is 19.5. The largest absolute Gasteiger partial charge is 0.309 e. The van der Waals surface area contributed by atoms with Crippen LogP contribution in [0.4, 0.5) is 14.5 Å². The van der Waals surface area contributed by atoms with Crippen molar-refractivity contribution >= 4 is 21.6 Å². The smallest absolute Gasteiger partial charge is 0.258 e. The highest BCUT2D eigenvalue weighted by atomic mass is 32.2. The highest BCUT2D eigenvalue weighted by molar-refractivity contribution is 7.89. The van der Waals surface area contributed by atoms with Crippen molar-refractivity contribution < 1.29 is 22.0 Å². The first-order valence-corrected chi connectivity index (χ1v) is 9.53. The molecule has 1 amide bonds. The van der Waals surface area contributed by atoms with Crippen LogP contribution in [-0.4, -0.2) is 26.9 Å². The van der Waals surface area contributed by atoms with Crippen LogP contribution in [0.15, 0.2) is 47.4 Å². The second-order valence-electron chi connectivity index (χ2n) is 5.95. The maximum absolute atomic E-state index is 13.5. The second-order valence-corrected chi connectivity index (χ2v) is 7.67. The number of nitrogens with zero attached hydrogens (tertiary/aromatic N) is 1. The second kappa shape index (κ2) is 7.92. The van der Waals surface area contributed by atoms with Crippen molar-refractivity contribution in [2.24, 2.45) is 0 Å². The lowest BCUT2D eigenvalue weighted by Gasteiger charge is -2.21. The Hall–Kier alpha value is -2.32. The maximum Gasteiger partial charge on any atom is 0.258 e. The molecule has 0 heterocycles. The fourth-order valence-electron chi connectivity index (χ4n) is 2.43. The molecule has 0 saturated heterocycles. The number of anilines is 1. The Labute approximate surface area is 151 Å². The van der Waals surface area contributed by atoms with E-state index >= 15 is 0 Å². The van der Waals surface area contributed by atoms with Crippen molar-refractivity contribution in [2.75, 3.05) is 11.4 Å². The fourth-order valence-corrected chi connectivity index (χ4v) is 3.72. The molecule has 0 saturated carbocycles. The Kier molecular flexibility index (Phi) is 6.09. The van der Waals surface area contributed by atoms with E-state index < -0.39 is 27.6 Å². The predicted octanol–water partition coefficient (Wildman–Crippen LogP) is 3.32. The van der Waals surface area contributed by atoms with Gasteiger partial charge in [0.05, 0.1) is 4.90 Å². The first-order valence-electron chi connectivity index (χ1n) is 8.05. The number of hydrogen-bond acceptors (Lipinski definition) is 3. The lowest BCUT2D eigenvalue weighted by molar-refractivity contribution is 0.0988. The fraction of sp³-hybridized carbons (Fsp3) is 0.278. The molecule has 2 rings (SSSR count). The molecule has 0 aromatic heterocycles. The summed E-state index contributed by atoms with van der Waals surface area (Å²) in [6.07, 6.45) is 0. The van der Waals surface area contributed by atoms with E-state index in [1.165, 1.54) is 35.2 Å². The van der Waals surface area contributed by atoms with Crippen LogP contribution in [0.2, 0.25) is 0 Å². The quantitative estimate of drug-likeness (QED) is 0.833. The van der Waals surface area contributed by atoms with Crippen LogP contribution in [-0.2, 0) is 10.0 Å². The van der Waals surface area contributed by atoms with E-state index in [0.29, 0.717) is 0 Å². The van der Waals surface area contributed by atoms with Crippen molar-refractivity contribution in [3.8, 4) is 0 Å². The van der Waals surface area contributed by atoms with Crippen LogP contribution in [0, 0.1) is 11.6 Å². The summed E-state index contributed by atoms with van der Waals surface area (Å²) < 4.78 is 53.6. The number of sulfonamides is 1. The summed E-state index contributed by atoms with van der Waals surface area (Å²) in [5.74, 6) is -2.59. The molecule has 8 heteroatoms. The van der Waals surface area contributed by atoms with Crippen molar-refractivity contribution in [1.29, 1.82) is 0 Å². The van der Waals surface area contributed by atoms with Gasteiger partial charge in [-0.05, 0) is 51.1 Å². The average molecular weight is 382 g/mol. The van der Waals surface area contributed by atoms with Crippen LogP contribution in [0.5, 0.6) is 0 Å². The SMILES string of the molecule is CCN(C(=O)c1cccc(S(=O)(=O)NC(C)C)c1)c1ccc(F)c(F)c1. The molecule has 2 aromatic rings. The molecule has 0 fully saturated rings. The summed E-state index contributed by atoms with van der Waals surface area (Å²) in [6, 6.07) is 8.44. The summed E-state index contributed by atoms with van der Waals surface area (Å²) in [5, 5.41) is 0. The van der Waals surface area contributed by atoms with Gasteiger partial charge in [-0.3, -0.25) is 4.79 Å². The van der Waals surface area contributed by atoms with Crippen molar-refractivity contribution in [3.63, 3.8) is 0 Å². The van der Waals surface area contributed by atoms with Gasteiger partial charge in [0, 0.05) is 29.9 Å². The van der Waals surface area contributed by atoms with Gasteiger partial charge in [0.2, 0.25) is 10.0 Å². The summed E-state index contributed by atoms with van der Waals surface area (Å²) >= 11 is 0. The topological polar surface area (TPSA) is 66.5 Å². The molecular formula is C18H20F2N2O3S. The van der Waals surface area contributed by atoms with Crippen LogP contribution < -0.4 is 9.62 Å². The van der Waals surface area contributed by atoms with E-state index in [9.17, 15) is 22.0 Å². The molecule has 0 aliphatic heterocycles. The number of carbonyl (C=O) groups is 1. The number of nitrogens with one attached hydrogen (secondary N) is 1. The van der Waals surface area contributed by atoms with Gasteiger partial charge in [0.1, 0.15) is 0 Å². The van der Waals surface area contributed by atoms with Gasteiger partial charge in [-0.1, -0.05) is 6.07 Å². The Balaban J connectivity index is 2.39. The van der Waals surface area contributed by atoms with E-state index in [1.54, 1.807) is 20.8 Å². The third-order valence-electron chi connectivity index (χ3n) is 3.56. The minimum Gasteiger partial charge on any atom is -0.309 e. The molecule has 0 atom stereocenters. The molecule has 2 aromatic carbocycles. The van der Waals surface area contributed by atoms with Crippen molar-refractivity contribution in [2.45, 2.75) is 31.7 Å².